The molecule has 3 heterocycles. The molecule has 200 valence electrons. The summed E-state index contributed by atoms with van der Waals surface area (Å²) in [6.07, 6.45) is 6.83. The Labute approximate surface area is 230 Å². The second-order valence-electron chi connectivity index (χ2n) is 10.4. The SMILES string of the molecule is CCOc1cc(-c2nc(C3CCN(c4ncnc5c4C=C(c4cccc(OC)c4)C5)CC3)[nH]c2C)ccc1C. The monoisotopic (exact) mass is 521 g/mol. The standard InChI is InChI=1S/C32H35N5O2/c1-5-39-29-18-24(10-9-20(29)2)30-21(3)35-31(36-30)22-11-13-37(14-12-22)32-27-16-25(17-28(27)33-19-34-32)23-7-6-8-26(15-23)38-4/h6-10,15-16,18-19,22H,5,11-14,17H2,1-4H3,(H,35,36). The minimum Gasteiger partial charge on any atom is -0.497 e. The Morgan fingerprint density at radius 2 is 1.87 bits per heavy atom. The first kappa shape index (κ1) is 25.2. The number of imidazole rings is 1. The fraction of sp³-hybridized carbons (Fsp3) is 0.344. The molecule has 7 nitrogen and oxygen atoms in total. The van der Waals surface area contributed by atoms with Crippen LogP contribution in [0.2, 0.25) is 0 Å². The summed E-state index contributed by atoms with van der Waals surface area (Å²) < 4.78 is 11.3. The van der Waals surface area contributed by atoms with Gasteiger partial charge in [0.2, 0.25) is 0 Å². The number of anilines is 1. The van der Waals surface area contributed by atoms with E-state index in [1.807, 2.05) is 19.1 Å². The molecule has 6 rings (SSSR count). The van der Waals surface area contributed by atoms with Crippen LogP contribution in [0.25, 0.3) is 22.9 Å². The molecular formula is C32H35N5O2. The normalized spacial score (nSPS) is 15.3. The summed E-state index contributed by atoms with van der Waals surface area (Å²) in [5.74, 6) is 4.30. The first-order valence-corrected chi connectivity index (χ1v) is 13.8. The molecule has 39 heavy (non-hydrogen) atoms. The Kier molecular flexibility index (Phi) is 6.81. The molecule has 0 amide bonds. The van der Waals surface area contributed by atoms with E-state index < -0.39 is 0 Å². The Morgan fingerprint density at radius 1 is 1.03 bits per heavy atom. The van der Waals surface area contributed by atoms with Crippen molar-refractivity contribution >= 4 is 17.5 Å². The molecule has 1 saturated heterocycles. The van der Waals surface area contributed by atoms with Crippen LogP contribution in [-0.2, 0) is 6.42 Å². The minimum atomic E-state index is 0.392. The lowest BCUT2D eigenvalue weighted by atomic mass is 9.96. The molecule has 1 aliphatic carbocycles. The van der Waals surface area contributed by atoms with Gasteiger partial charge in [-0.15, -0.1) is 0 Å². The summed E-state index contributed by atoms with van der Waals surface area (Å²) in [7, 11) is 1.70. The summed E-state index contributed by atoms with van der Waals surface area (Å²) in [6.45, 7) is 8.73. The van der Waals surface area contributed by atoms with Crippen molar-refractivity contribution in [2.75, 3.05) is 31.7 Å². The van der Waals surface area contributed by atoms with Crippen molar-refractivity contribution in [3.63, 3.8) is 0 Å². The number of allylic oxidation sites excluding steroid dienone is 1. The van der Waals surface area contributed by atoms with E-state index in [4.69, 9.17) is 19.4 Å². The molecule has 0 radical (unpaired) electrons. The van der Waals surface area contributed by atoms with Gasteiger partial charge >= 0.3 is 0 Å². The first-order valence-electron chi connectivity index (χ1n) is 13.8. The van der Waals surface area contributed by atoms with Crippen LogP contribution in [0.5, 0.6) is 11.5 Å². The zero-order valence-electron chi connectivity index (χ0n) is 23.1. The van der Waals surface area contributed by atoms with Gasteiger partial charge in [-0.1, -0.05) is 24.3 Å². The smallest absolute Gasteiger partial charge is 0.139 e. The van der Waals surface area contributed by atoms with Gasteiger partial charge in [0, 0.05) is 42.2 Å². The predicted molar refractivity (Wildman–Crippen MR) is 155 cm³/mol. The minimum absolute atomic E-state index is 0.392. The number of ether oxygens (including phenoxy) is 2. The summed E-state index contributed by atoms with van der Waals surface area (Å²) in [6, 6.07) is 14.6. The third-order valence-electron chi connectivity index (χ3n) is 7.91. The highest BCUT2D eigenvalue weighted by atomic mass is 16.5. The molecule has 1 aliphatic heterocycles. The zero-order chi connectivity index (χ0) is 26.9. The number of piperidine rings is 1. The highest BCUT2D eigenvalue weighted by Gasteiger charge is 2.28. The van der Waals surface area contributed by atoms with Gasteiger partial charge in [-0.05, 0) is 74.6 Å². The third kappa shape index (κ3) is 4.89. The lowest BCUT2D eigenvalue weighted by Crippen LogP contribution is -2.34. The number of hydrogen-bond donors (Lipinski definition) is 1. The molecule has 0 bridgehead atoms. The predicted octanol–water partition coefficient (Wildman–Crippen LogP) is 6.37. The van der Waals surface area contributed by atoms with Crippen molar-refractivity contribution in [3.8, 4) is 22.8 Å². The molecule has 2 aliphatic rings. The molecular weight excluding hydrogens is 486 g/mol. The summed E-state index contributed by atoms with van der Waals surface area (Å²) in [4.78, 5) is 20.4. The van der Waals surface area contributed by atoms with E-state index in [2.05, 4.69) is 65.1 Å². The number of aryl methyl sites for hydroxylation is 2. The second-order valence-corrected chi connectivity index (χ2v) is 10.4. The van der Waals surface area contributed by atoms with Gasteiger partial charge < -0.3 is 19.4 Å². The average Bonchev–Trinajstić information content (AvgIpc) is 3.58. The highest BCUT2D eigenvalue weighted by molar-refractivity contribution is 5.91. The van der Waals surface area contributed by atoms with Crippen LogP contribution in [0.1, 0.15) is 59.6 Å². The molecule has 0 spiro atoms. The van der Waals surface area contributed by atoms with E-state index in [1.54, 1.807) is 13.4 Å². The Balaban J connectivity index is 1.18. The van der Waals surface area contributed by atoms with Crippen LogP contribution in [0, 0.1) is 13.8 Å². The Bertz CT molecular complexity index is 1530. The van der Waals surface area contributed by atoms with Crippen molar-refractivity contribution in [2.45, 2.75) is 46.0 Å². The summed E-state index contributed by atoms with van der Waals surface area (Å²) in [5, 5.41) is 0. The quantitative estimate of drug-likeness (QED) is 0.304. The first-order chi connectivity index (χ1) is 19.0. The van der Waals surface area contributed by atoms with E-state index in [-0.39, 0.29) is 0 Å². The van der Waals surface area contributed by atoms with Crippen molar-refractivity contribution in [3.05, 3.63) is 82.7 Å². The molecule has 1 fully saturated rings. The van der Waals surface area contributed by atoms with Gasteiger partial charge in [0.05, 0.1) is 25.1 Å². The maximum Gasteiger partial charge on any atom is 0.139 e. The third-order valence-corrected chi connectivity index (χ3v) is 7.91. The molecule has 1 N–H and O–H groups in total. The highest BCUT2D eigenvalue weighted by Crippen LogP contribution is 2.38. The number of aromatic nitrogens is 4. The van der Waals surface area contributed by atoms with Crippen molar-refractivity contribution < 1.29 is 9.47 Å². The maximum atomic E-state index is 5.83. The van der Waals surface area contributed by atoms with Gasteiger partial charge in [0.25, 0.3) is 0 Å². The number of fused-ring (bicyclic) bond motifs is 1. The number of nitrogens with zero attached hydrogens (tertiary/aromatic N) is 4. The van der Waals surface area contributed by atoms with Gasteiger partial charge in [-0.2, -0.15) is 0 Å². The largest absolute Gasteiger partial charge is 0.497 e. The van der Waals surface area contributed by atoms with E-state index in [0.29, 0.717) is 12.5 Å². The van der Waals surface area contributed by atoms with Gasteiger partial charge in [0.15, 0.2) is 0 Å². The Morgan fingerprint density at radius 3 is 2.67 bits per heavy atom. The molecule has 0 saturated carbocycles. The van der Waals surface area contributed by atoms with E-state index >= 15 is 0 Å². The van der Waals surface area contributed by atoms with Gasteiger partial charge in [-0.25, -0.2) is 15.0 Å². The molecule has 7 heteroatoms. The number of rotatable bonds is 7. The van der Waals surface area contributed by atoms with Crippen LogP contribution >= 0.6 is 0 Å². The van der Waals surface area contributed by atoms with Crippen molar-refractivity contribution in [1.29, 1.82) is 0 Å². The Hall–Kier alpha value is -4.13. The van der Waals surface area contributed by atoms with Gasteiger partial charge in [0.1, 0.15) is 29.5 Å². The average molecular weight is 522 g/mol. The van der Waals surface area contributed by atoms with E-state index in [0.717, 1.165) is 89.3 Å². The van der Waals surface area contributed by atoms with E-state index in [1.165, 1.54) is 11.1 Å². The zero-order valence-corrected chi connectivity index (χ0v) is 23.1. The molecule has 2 aromatic heterocycles. The van der Waals surface area contributed by atoms with Crippen LogP contribution in [-0.4, -0.2) is 46.7 Å². The van der Waals surface area contributed by atoms with Crippen molar-refractivity contribution in [1.82, 2.24) is 19.9 Å². The number of aromatic amines is 1. The molecule has 0 unspecified atom stereocenters. The number of methoxy groups -OCH3 is 1. The van der Waals surface area contributed by atoms with Crippen LogP contribution in [0.15, 0.2) is 48.8 Å². The van der Waals surface area contributed by atoms with Crippen LogP contribution in [0.3, 0.4) is 0 Å². The molecule has 2 aromatic carbocycles. The second kappa shape index (κ2) is 10.6. The number of nitrogens with one attached hydrogen (secondary N) is 1. The lowest BCUT2D eigenvalue weighted by molar-refractivity contribution is 0.338. The fourth-order valence-corrected chi connectivity index (χ4v) is 5.76. The molecule has 4 aromatic rings. The summed E-state index contributed by atoms with van der Waals surface area (Å²) in [5.41, 5.74) is 9.01. The van der Waals surface area contributed by atoms with Crippen LogP contribution in [0.4, 0.5) is 5.82 Å². The molecule has 0 atom stereocenters. The van der Waals surface area contributed by atoms with Crippen LogP contribution < -0.4 is 14.4 Å². The maximum absolute atomic E-state index is 5.83. The summed E-state index contributed by atoms with van der Waals surface area (Å²) >= 11 is 0. The van der Waals surface area contributed by atoms with E-state index in [9.17, 15) is 0 Å². The topological polar surface area (TPSA) is 76.2 Å². The van der Waals surface area contributed by atoms with Gasteiger partial charge in [-0.3, -0.25) is 0 Å². The number of H-pyrrole nitrogens is 1. The lowest BCUT2D eigenvalue weighted by Gasteiger charge is -2.32. The van der Waals surface area contributed by atoms with Crippen molar-refractivity contribution in [2.24, 2.45) is 0 Å². The number of benzene rings is 2. The number of hydrogen-bond acceptors (Lipinski definition) is 6. The fourth-order valence-electron chi connectivity index (χ4n) is 5.76.